The fraction of sp³-hybridized carbons (Fsp3) is 0.200. The van der Waals surface area contributed by atoms with Crippen LogP contribution in [-0.4, -0.2) is 5.11 Å². The topological polar surface area (TPSA) is 55.5 Å². The predicted molar refractivity (Wildman–Crippen MR) is 71.4 cm³/mol. The lowest BCUT2D eigenvalue weighted by Crippen LogP contribution is -2.08. The first-order chi connectivity index (χ1) is 9.06. The molecule has 0 aromatic heterocycles. The fourth-order valence-corrected chi connectivity index (χ4v) is 1.82. The summed E-state index contributed by atoms with van der Waals surface area (Å²) in [5.41, 5.74) is 7.37. The number of hydrogen-bond donors (Lipinski definition) is 2. The van der Waals surface area contributed by atoms with Gasteiger partial charge in [0.2, 0.25) is 0 Å². The molecule has 0 radical (unpaired) electrons. The second-order valence-electron chi connectivity index (χ2n) is 4.43. The molecular formula is C15H16FNO2. The monoisotopic (exact) mass is 261 g/mol. The van der Waals surface area contributed by atoms with Crippen molar-refractivity contribution >= 4 is 0 Å². The number of nitrogens with two attached hydrogens (primary N) is 1. The van der Waals surface area contributed by atoms with Crippen molar-refractivity contribution in [3.8, 4) is 11.5 Å². The number of hydrogen-bond acceptors (Lipinski definition) is 3. The van der Waals surface area contributed by atoms with Crippen molar-refractivity contribution in [2.24, 2.45) is 5.73 Å². The molecule has 0 spiro atoms. The average Bonchev–Trinajstić information content (AvgIpc) is 2.36. The third-order valence-electron chi connectivity index (χ3n) is 2.77. The van der Waals surface area contributed by atoms with Gasteiger partial charge in [-0.25, -0.2) is 4.39 Å². The third-order valence-corrected chi connectivity index (χ3v) is 2.77. The Morgan fingerprint density at radius 2 is 2.05 bits per heavy atom. The van der Waals surface area contributed by atoms with Gasteiger partial charge in [-0.15, -0.1) is 0 Å². The molecule has 0 aliphatic heterocycles. The van der Waals surface area contributed by atoms with Crippen LogP contribution in [0.5, 0.6) is 11.5 Å². The first-order valence-corrected chi connectivity index (χ1v) is 6.02. The maximum atomic E-state index is 13.2. The summed E-state index contributed by atoms with van der Waals surface area (Å²) in [6, 6.07) is 10.8. The van der Waals surface area contributed by atoms with E-state index in [2.05, 4.69) is 0 Å². The summed E-state index contributed by atoms with van der Waals surface area (Å²) in [4.78, 5) is 0. The molecular weight excluding hydrogens is 245 g/mol. The van der Waals surface area contributed by atoms with Crippen LogP contribution in [0.2, 0.25) is 0 Å². The van der Waals surface area contributed by atoms with Gasteiger partial charge in [-0.1, -0.05) is 18.2 Å². The van der Waals surface area contributed by atoms with E-state index in [1.165, 1.54) is 12.1 Å². The molecule has 1 atom stereocenters. The summed E-state index contributed by atoms with van der Waals surface area (Å²) in [6.07, 6.45) is 0. The second kappa shape index (κ2) is 5.71. The summed E-state index contributed by atoms with van der Waals surface area (Å²) in [5.74, 6) is 0.237. The summed E-state index contributed by atoms with van der Waals surface area (Å²) in [5, 5.41) is 9.36. The zero-order valence-corrected chi connectivity index (χ0v) is 10.6. The molecule has 2 rings (SSSR count). The molecule has 0 heterocycles. The Morgan fingerprint density at radius 1 is 1.26 bits per heavy atom. The largest absolute Gasteiger partial charge is 0.508 e. The van der Waals surface area contributed by atoms with E-state index < -0.39 is 0 Å². The standard InChI is InChI=1S/C15H16FNO2/c1-10(17)14-6-5-12(16)8-15(14)19-9-11-3-2-4-13(18)7-11/h2-8,10,18H,9,17H2,1H3. The van der Waals surface area contributed by atoms with E-state index in [4.69, 9.17) is 10.5 Å². The first-order valence-electron chi connectivity index (χ1n) is 6.02. The van der Waals surface area contributed by atoms with Crippen molar-refractivity contribution < 1.29 is 14.2 Å². The minimum Gasteiger partial charge on any atom is -0.508 e. The number of phenolic OH excluding ortho intramolecular Hbond substituents is 1. The Morgan fingerprint density at radius 3 is 2.74 bits per heavy atom. The Balaban J connectivity index is 2.17. The summed E-state index contributed by atoms with van der Waals surface area (Å²) >= 11 is 0. The van der Waals surface area contributed by atoms with Crippen molar-refractivity contribution in [2.75, 3.05) is 0 Å². The highest BCUT2D eigenvalue weighted by Gasteiger charge is 2.09. The minimum absolute atomic E-state index is 0.174. The highest BCUT2D eigenvalue weighted by atomic mass is 19.1. The molecule has 0 aliphatic rings. The number of halogens is 1. The average molecular weight is 261 g/mol. The molecule has 19 heavy (non-hydrogen) atoms. The molecule has 1 unspecified atom stereocenters. The van der Waals surface area contributed by atoms with E-state index in [1.807, 2.05) is 13.0 Å². The van der Waals surface area contributed by atoms with Crippen LogP contribution in [0, 0.1) is 5.82 Å². The van der Waals surface area contributed by atoms with E-state index >= 15 is 0 Å². The van der Waals surface area contributed by atoms with Crippen LogP contribution >= 0.6 is 0 Å². The van der Waals surface area contributed by atoms with Crippen molar-refractivity contribution in [1.82, 2.24) is 0 Å². The van der Waals surface area contributed by atoms with E-state index in [-0.39, 0.29) is 24.2 Å². The van der Waals surface area contributed by atoms with Crippen LogP contribution in [0.25, 0.3) is 0 Å². The van der Waals surface area contributed by atoms with Crippen LogP contribution in [0.1, 0.15) is 24.1 Å². The highest BCUT2D eigenvalue weighted by molar-refractivity contribution is 5.36. The van der Waals surface area contributed by atoms with Crippen molar-refractivity contribution in [3.05, 3.63) is 59.4 Å². The maximum absolute atomic E-state index is 13.2. The molecule has 0 saturated heterocycles. The van der Waals surface area contributed by atoms with Gasteiger partial charge in [-0.2, -0.15) is 0 Å². The molecule has 4 heteroatoms. The second-order valence-corrected chi connectivity index (χ2v) is 4.43. The Labute approximate surface area is 111 Å². The number of rotatable bonds is 4. The van der Waals surface area contributed by atoms with E-state index in [1.54, 1.807) is 24.3 Å². The normalized spacial score (nSPS) is 12.2. The highest BCUT2D eigenvalue weighted by Crippen LogP contribution is 2.26. The van der Waals surface area contributed by atoms with Gasteiger partial charge >= 0.3 is 0 Å². The molecule has 3 nitrogen and oxygen atoms in total. The van der Waals surface area contributed by atoms with Gasteiger partial charge in [0.05, 0.1) is 0 Å². The van der Waals surface area contributed by atoms with Crippen LogP contribution in [0.15, 0.2) is 42.5 Å². The molecule has 0 bridgehead atoms. The summed E-state index contributed by atoms with van der Waals surface area (Å²) < 4.78 is 18.8. The van der Waals surface area contributed by atoms with Crippen molar-refractivity contribution in [3.63, 3.8) is 0 Å². The first kappa shape index (κ1) is 13.4. The number of benzene rings is 2. The smallest absolute Gasteiger partial charge is 0.127 e. The summed E-state index contributed by atoms with van der Waals surface area (Å²) in [6.45, 7) is 2.06. The van der Waals surface area contributed by atoms with Gasteiger partial charge in [0.25, 0.3) is 0 Å². The van der Waals surface area contributed by atoms with Gasteiger partial charge in [0.1, 0.15) is 23.9 Å². The number of ether oxygens (including phenoxy) is 1. The molecule has 0 saturated carbocycles. The Hall–Kier alpha value is -2.07. The van der Waals surface area contributed by atoms with E-state index in [0.717, 1.165) is 11.1 Å². The van der Waals surface area contributed by atoms with Gasteiger partial charge in [0.15, 0.2) is 0 Å². The molecule has 2 aromatic rings. The lowest BCUT2D eigenvalue weighted by atomic mass is 10.1. The molecule has 0 aliphatic carbocycles. The maximum Gasteiger partial charge on any atom is 0.127 e. The van der Waals surface area contributed by atoms with Crippen LogP contribution in [0.3, 0.4) is 0 Å². The van der Waals surface area contributed by atoms with E-state index in [0.29, 0.717) is 5.75 Å². The lowest BCUT2D eigenvalue weighted by Gasteiger charge is -2.14. The van der Waals surface area contributed by atoms with Gasteiger partial charge in [-0.3, -0.25) is 0 Å². The van der Waals surface area contributed by atoms with Crippen molar-refractivity contribution in [1.29, 1.82) is 0 Å². The summed E-state index contributed by atoms with van der Waals surface area (Å²) in [7, 11) is 0. The zero-order valence-electron chi connectivity index (χ0n) is 10.6. The number of aromatic hydroxyl groups is 1. The quantitative estimate of drug-likeness (QED) is 0.889. The SMILES string of the molecule is CC(N)c1ccc(F)cc1OCc1cccc(O)c1. The Bertz CT molecular complexity index is 570. The number of phenols is 1. The van der Waals surface area contributed by atoms with Gasteiger partial charge < -0.3 is 15.6 Å². The molecule has 2 aromatic carbocycles. The van der Waals surface area contributed by atoms with Crippen LogP contribution in [0.4, 0.5) is 4.39 Å². The molecule has 100 valence electrons. The lowest BCUT2D eigenvalue weighted by molar-refractivity contribution is 0.299. The molecule has 0 amide bonds. The van der Waals surface area contributed by atoms with Gasteiger partial charge in [0, 0.05) is 17.7 Å². The Kier molecular flexibility index (Phi) is 4.02. The van der Waals surface area contributed by atoms with Crippen molar-refractivity contribution in [2.45, 2.75) is 19.6 Å². The predicted octanol–water partition coefficient (Wildman–Crippen LogP) is 3.13. The fourth-order valence-electron chi connectivity index (χ4n) is 1.82. The van der Waals surface area contributed by atoms with E-state index in [9.17, 15) is 9.50 Å². The zero-order chi connectivity index (χ0) is 13.8. The minimum atomic E-state index is -0.365. The van der Waals surface area contributed by atoms with Gasteiger partial charge in [-0.05, 0) is 30.7 Å². The van der Waals surface area contributed by atoms with Crippen LogP contribution in [-0.2, 0) is 6.61 Å². The van der Waals surface area contributed by atoms with Crippen LogP contribution < -0.4 is 10.5 Å². The molecule has 3 N–H and O–H groups in total. The molecule has 0 fully saturated rings. The third kappa shape index (κ3) is 3.45.